The number of aromatic carboxylic acids is 1. The monoisotopic (exact) mass is 308 g/mol. The number of benzene rings is 1. The molecule has 1 heterocycles. The number of rotatable bonds is 2. The molecule has 110 valence electrons. The lowest BCUT2D eigenvalue weighted by Gasteiger charge is -2.08. The van der Waals surface area contributed by atoms with Gasteiger partial charge in [0.2, 0.25) is 0 Å². The van der Waals surface area contributed by atoms with Gasteiger partial charge < -0.3 is 5.11 Å². The first-order valence-corrected chi connectivity index (χ1v) is 7.25. The van der Waals surface area contributed by atoms with E-state index in [4.69, 9.17) is 11.6 Å². The molecule has 0 unspecified atom stereocenters. The molecule has 1 aliphatic carbocycles. The molecule has 3 rings (SSSR count). The Balaban J connectivity index is 2.17. The summed E-state index contributed by atoms with van der Waals surface area (Å²) in [5.41, 5.74) is 2.37. The average molecular weight is 309 g/mol. The van der Waals surface area contributed by atoms with Gasteiger partial charge in [-0.05, 0) is 43.9 Å². The highest BCUT2D eigenvalue weighted by Gasteiger charge is 2.24. The van der Waals surface area contributed by atoms with E-state index in [9.17, 15) is 14.3 Å². The van der Waals surface area contributed by atoms with Gasteiger partial charge in [0.05, 0.1) is 10.7 Å². The van der Waals surface area contributed by atoms with Gasteiger partial charge in [-0.1, -0.05) is 18.0 Å². The third-order valence-corrected chi connectivity index (χ3v) is 4.07. The highest BCUT2D eigenvalue weighted by molar-refractivity contribution is 6.30. The van der Waals surface area contributed by atoms with Gasteiger partial charge >= 0.3 is 5.97 Å². The van der Waals surface area contributed by atoms with Crippen molar-refractivity contribution in [2.24, 2.45) is 0 Å². The van der Waals surface area contributed by atoms with Crippen molar-refractivity contribution >= 4 is 17.6 Å². The van der Waals surface area contributed by atoms with Crippen molar-refractivity contribution in [2.75, 3.05) is 0 Å². The van der Waals surface area contributed by atoms with E-state index in [2.05, 4.69) is 5.10 Å². The number of halogens is 2. The lowest BCUT2D eigenvalue weighted by atomic mass is 10.1. The largest absolute Gasteiger partial charge is 0.476 e. The number of hydrogen-bond acceptors (Lipinski definition) is 2. The van der Waals surface area contributed by atoms with Gasteiger partial charge in [-0.3, -0.25) is 0 Å². The molecule has 0 fully saturated rings. The summed E-state index contributed by atoms with van der Waals surface area (Å²) >= 11 is 5.82. The van der Waals surface area contributed by atoms with E-state index >= 15 is 0 Å². The second-order valence-corrected chi connectivity index (χ2v) is 5.56. The first kappa shape index (κ1) is 14.1. The second kappa shape index (κ2) is 5.48. The van der Waals surface area contributed by atoms with Gasteiger partial charge in [-0.2, -0.15) is 5.10 Å². The molecule has 0 aliphatic heterocycles. The van der Waals surface area contributed by atoms with Crippen molar-refractivity contribution in [1.29, 1.82) is 0 Å². The molecule has 0 radical (unpaired) electrons. The van der Waals surface area contributed by atoms with Crippen LogP contribution in [0.5, 0.6) is 0 Å². The molecule has 0 spiro atoms. The van der Waals surface area contributed by atoms with Crippen LogP contribution in [-0.2, 0) is 12.8 Å². The van der Waals surface area contributed by atoms with Crippen LogP contribution in [0.25, 0.3) is 5.69 Å². The van der Waals surface area contributed by atoms with E-state index in [0.717, 1.165) is 36.9 Å². The molecule has 1 N–H and O–H groups in total. The summed E-state index contributed by atoms with van der Waals surface area (Å²) in [6.45, 7) is 0. The van der Waals surface area contributed by atoms with E-state index in [0.29, 0.717) is 12.1 Å². The minimum Gasteiger partial charge on any atom is -0.476 e. The number of fused-ring (bicyclic) bond motifs is 1. The summed E-state index contributed by atoms with van der Waals surface area (Å²) in [6.07, 6.45) is 4.50. The lowest BCUT2D eigenvalue weighted by Crippen LogP contribution is -2.04. The van der Waals surface area contributed by atoms with Gasteiger partial charge in [-0.15, -0.1) is 0 Å². The van der Waals surface area contributed by atoms with Crippen molar-refractivity contribution in [2.45, 2.75) is 32.1 Å². The molecule has 0 saturated carbocycles. The predicted octanol–water partition coefficient (Wildman–Crippen LogP) is 3.63. The Kier molecular flexibility index (Phi) is 3.68. The van der Waals surface area contributed by atoms with Crippen LogP contribution in [-0.4, -0.2) is 20.9 Å². The molecule has 0 amide bonds. The third-order valence-electron chi connectivity index (χ3n) is 3.78. The highest BCUT2D eigenvalue weighted by atomic mass is 35.5. The molecule has 2 aromatic rings. The van der Waals surface area contributed by atoms with Crippen LogP contribution in [0.15, 0.2) is 18.2 Å². The first-order chi connectivity index (χ1) is 10.1. The maximum absolute atomic E-state index is 13.3. The normalized spacial score (nSPS) is 14.6. The molecule has 1 aromatic heterocycles. The van der Waals surface area contributed by atoms with E-state index in [1.54, 1.807) is 10.7 Å². The fraction of sp³-hybridized carbons (Fsp3) is 0.333. The lowest BCUT2D eigenvalue weighted by molar-refractivity contribution is 0.0688. The molecule has 0 saturated heterocycles. The smallest absolute Gasteiger partial charge is 0.356 e. The SMILES string of the molecule is O=C(O)c1nn(-c2ccc(F)c(Cl)c2)c2c1CCCCC2. The Bertz CT molecular complexity index is 712. The van der Waals surface area contributed by atoms with Gasteiger partial charge in [0.15, 0.2) is 5.69 Å². The Morgan fingerprint density at radius 1 is 1.29 bits per heavy atom. The Labute approximate surface area is 126 Å². The van der Waals surface area contributed by atoms with Crippen LogP contribution in [0, 0.1) is 5.82 Å². The van der Waals surface area contributed by atoms with E-state index in [1.807, 2.05) is 0 Å². The molecular weight excluding hydrogens is 295 g/mol. The molecular formula is C15H14ClFN2O2. The van der Waals surface area contributed by atoms with Gasteiger partial charge in [0, 0.05) is 11.3 Å². The van der Waals surface area contributed by atoms with Crippen molar-refractivity contribution in [1.82, 2.24) is 9.78 Å². The molecule has 1 aromatic carbocycles. The minimum absolute atomic E-state index is 0.00208. The number of hydrogen-bond donors (Lipinski definition) is 1. The topological polar surface area (TPSA) is 55.1 Å². The average Bonchev–Trinajstić information content (AvgIpc) is 2.65. The van der Waals surface area contributed by atoms with Crippen LogP contribution >= 0.6 is 11.6 Å². The summed E-state index contributed by atoms with van der Waals surface area (Å²) in [6, 6.07) is 4.30. The van der Waals surface area contributed by atoms with Crippen LogP contribution in [0.4, 0.5) is 4.39 Å². The van der Waals surface area contributed by atoms with E-state index in [1.165, 1.54) is 12.1 Å². The molecule has 6 heteroatoms. The number of aromatic nitrogens is 2. The van der Waals surface area contributed by atoms with Crippen molar-refractivity contribution < 1.29 is 14.3 Å². The van der Waals surface area contributed by atoms with Gasteiger partial charge in [0.1, 0.15) is 5.82 Å². The van der Waals surface area contributed by atoms with Crippen molar-refractivity contribution in [3.63, 3.8) is 0 Å². The number of carboxylic acids is 1. The summed E-state index contributed by atoms with van der Waals surface area (Å²) < 4.78 is 14.9. The second-order valence-electron chi connectivity index (χ2n) is 5.15. The maximum Gasteiger partial charge on any atom is 0.356 e. The summed E-state index contributed by atoms with van der Waals surface area (Å²) in [5, 5.41) is 13.5. The summed E-state index contributed by atoms with van der Waals surface area (Å²) in [4.78, 5) is 11.4. The Morgan fingerprint density at radius 2 is 2.05 bits per heavy atom. The molecule has 0 atom stereocenters. The zero-order chi connectivity index (χ0) is 15.0. The first-order valence-electron chi connectivity index (χ1n) is 6.87. The standard InChI is InChI=1S/C15H14ClFN2O2/c16-11-8-9(6-7-12(11)17)19-13-5-3-1-2-4-10(13)14(18-19)15(20)21/h6-8H,1-5H2,(H,20,21). The van der Waals surface area contributed by atoms with Crippen LogP contribution in [0.2, 0.25) is 5.02 Å². The van der Waals surface area contributed by atoms with Crippen LogP contribution < -0.4 is 0 Å². The van der Waals surface area contributed by atoms with Crippen molar-refractivity contribution in [3.05, 3.63) is 46.0 Å². The van der Waals surface area contributed by atoms with E-state index in [-0.39, 0.29) is 10.7 Å². The van der Waals surface area contributed by atoms with Crippen LogP contribution in [0.3, 0.4) is 0 Å². The van der Waals surface area contributed by atoms with Gasteiger partial charge in [-0.25, -0.2) is 13.9 Å². The van der Waals surface area contributed by atoms with Crippen molar-refractivity contribution in [3.8, 4) is 5.69 Å². The molecule has 1 aliphatic rings. The van der Waals surface area contributed by atoms with E-state index < -0.39 is 11.8 Å². The Hall–Kier alpha value is -1.88. The zero-order valence-electron chi connectivity index (χ0n) is 11.3. The molecule has 21 heavy (non-hydrogen) atoms. The number of carbonyl (C=O) groups is 1. The minimum atomic E-state index is -1.03. The maximum atomic E-state index is 13.3. The predicted molar refractivity (Wildman–Crippen MR) is 76.8 cm³/mol. The fourth-order valence-corrected chi connectivity index (χ4v) is 2.95. The van der Waals surface area contributed by atoms with Crippen LogP contribution in [0.1, 0.15) is 41.0 Å². The zero-order valence-corrected chi connectivity index (χ0v) is 12.0. The number of nitrogens with zero attached hydrogens (tertiary/aromatic N) is 2. The Morgan fingerprint density at radius 3 is 2.76 bits per heavy atom. The molecule has 4 nitrogen and oxygen atoms in total. The number of carboxylic acid groups (broad SMARTS) is 1. The summed E-state index contributed by atoms with van der Waals surface area (Å²) in [7, 11) is 0. The third kappa shape index (κ3) is 2.53. The fourth-order valence-electron chi connectivity index (χ4n) is 2.78. The quantitative estimate of drug-likeness (QED) is 0.862. The molecule has 0 bridgehead atoms. The van der Waals surface area contributed by atoms with Gasteiger partial charge in [0.25, 0.3) is 0 Å². The highest BCUT2D eigenvalue weighted by Crippen LogP contribution is 2.27. The summed E-state index contributed by atoms with van der Waals surface area (Å²) in [5.74, 6) is -1.53.